The van der Waals surface area contributed by atoms with Crippen molar-refractivity contribution in [2.24, 2.45) is 5.41 Å². The van der Waals surface area contributed by atoms with Crippen LogP contribution in [0.25, 0.3) is 0 Å². The number of aryl methyl sites for hydroxylation is 1. The first kappa shape index (κ1) is 15.5. The van der Waals surface area contributed by atoms with E-state index in [0.717, 1.165) is 13.1 Å². The topological polar surface area (TPSA) is 15.3 Å². The number of hydrogen-bond donors (Lipinski definition) is 1. The fourth-order valence-corrected chi connectivity index (χ4v) is 3.48. The van der Waals surface area contributed by atoms with E-state index >= 15 is 0 Å². The van der Waals surface area contributed by atoms with Crippen LogP contribution in [0.5, 0.6) is 0 Å². The van der Waals surface area contributed by atoms with Crippen LogP contribution in [0.3, 0.4) is 0 Å². The lowest BCUT2D eigenvalue weighted by atomic mass is 9.82. The summed E-state index contributed by atoms with van der Waals surface area (Å²) < 4.78 is 0. The first-order valence-corrected chi connectivity index (χ1v) is 7.77. The molecule has 1 aliphatic heterocycles. The lowest BCUT2D eigenvalue weighted by Gasteiger charge is -2.35. The number of nitrogens with one attached hydrogen (secondary N) is 1. The Morgan fingerprint density at radius 1 is 1.25 bits per heavy atom. The standard InChI is InChI=1S/C18H30N2/c1-15-6-8-16(9-7-15)17(2,3)13-20(5)14-18(4)10-11-19-12-18/h6-9,19H,10-14H2,1-5H3. The van der Waals surface area contributed by atoms with Gasteiger partial charge in [0, 0.05) is 25.0 Å². The van der Waals surface area contributed by atoms with Gasteiger partial charge < -0.3 is 10.2 Å². The Balaban J connectivity index is 1.98. The minimum Gasteiger partial charge on any atom is -0.316 e. The van der Waals surface area contributed by atoms with Crippen LogP contribution in [0.1, 0.15) is 38.3 Å². The molecule has 0 saturated carbocycles. The second kappa shape index (κ2) is 5.87. The molecule has 0 radical (unpaired) electrons. The second-order valence-electron chi connectivity index (χ2n) is 7.66. The highest BCUT2D eigenvalue weighted by molar-refractivity contribution is 5.27. The minimum atomic E-state index is 0.199. The maximum absolute atomic E-state index is 3.49. The van der Waals surface area contributed by atoms with Crippen LogP contribution in [-0.2, 0) is 5.41 Å². The van der Waals surface area contributed by atoms with Gasteiger partial charge in [-0.25, -0.2) is 0 Å². The van der Waals surface area contributed by atoms with Crippen molar-refractivity contribution in [3.63, 3.8) is 0 Å². The molecule has 1 N–H and O–H groups in total. The highest BCUT2D eigenvalue weighted by atomic mass is 15.1. The van der Waals surface area contributed by atoms with E-state index in [0.29, 0.717) is 5.41 Å². The van der Waals surface area contributed by atoms with Gasteiger partial charge in [0.05, 0.1) is 0 Å². The van der Waals surface area contributed by atoms with Crippen LogP contribution in [0, 0.1) is 12.3 Å². The number of benzene rings is 1. The molecule has 0 aromatic heterocycles. The maximum Gasteiger partial charge on any atom is 0.00705 e. The molecule has 1 unspecified atom stereocenters. The highest BCUT2D eigenvalue weighted by Gasteiger charge is 2.31. The molecule has 0 amide bonds. The zero-order valence-electron chi connectivity index (χ0n) is 13.8. The Morgan fingerprint density at radius 3 is 2.45 bits per heavy atom. The number of rotatable bonds is 5. The fraction of sp³-hybridized carbons (Fsp3) is 0.667. The second-order valence-corrected chi connectivity index (χ2v) is 7.66. The van der Waals surface area contributed by atoms with Gasteiger partial charge in [-0.2, -0.15) is 0 Å². The zero-order valence-corrected chi connectivity index (χ0v) is 13.8. The van der Waals surface area contributed by atoms with Gasteiger partial charge in [0.1, 0.15) is 0 Å². The smallest absolute Gasteiger partial charge is 0.00705 e. The van der Waals surface area contributed by atoms with Crippen LogP contribution >= 0.6 is 0 Å². The molecule has 1 aromatic carbocycles. The molecule has 0 bridgehead atoms. The summed E-state index contributed by atoms with van der Waals surface area (Å²) in [5.74, 6) is 0. The molecule has 2 rings (SSSR count). The third kappa shape index (κ3) is 3.83. The predicted molar refractivity (Wildman–Crippen MR) is 87.3 cm³/mol. The molecular weight excluding hydrogens is 244 g/mol. The van der Waals surface area contributed by atoms with Gasteiger partial charge in [-0.05, 0) is 37.9 Å². The third-order valence-electron chi connectivity index (χ3n) is 4.61. The third-order valence-corrected chi connectivity index (χ3v) is 4.61. The Hall–Kier alpha value is -0.860. The molecule has 2 heteroatoms. The zero-order chi connectivity index (χ0) is 14.8. The Bertz CT molecular complexity index is 427. The maximum atomic E-state index is 3.49. The summed E-state index contributed by atoms with van der Waals surface area (Å²) in [6.45, 7) is 13.9. The van der Waals surface area contributed by atoms with Crippen molar-refractivity contribution < 1.29 is 0 Å². The summed E-state index contributed by atoms with van der Waals surface area (Å²) in [6, 6.07) is 9.00. The summed E-state index contributed by atoms with van der Waals surface area (Å²) >= 11 is 0. The molecule has 1 fully saturated rings. The molecule has 1 aliphatic rings. The summed E-state index contributed by atoms with van der Waals surface area (Å²) in [4.78, 5) is 2.51. The Kier molecular flexibility index (Phi) is 4.55. The van der Waals surface area contributed by atoms with E-state index in [1.54, 1.807) is 0 Å². The van der Waals surface area contributed by atoms with E-state index in [9.17, 15) is 0 Å². The van der Waals surface area contributed by atoms with Crippen molar-refractivity contribution in [1.82, 2.24) is 10.2 Å². The van der Waals surface area contributed by atoms with E-state index < -0.39 is 0 Å². The summed E-state index contributed by atoms with van der Waals surface area (Å²) in [5, 5.41) is 3.49. The predicted octanol–water partition coefficient (Wildman–Crippen LogP) is 3.20. The summed E-state index contributed by atoms with van der Waals surface area (Å²) in [6.07, 6.45) is 1.29. The molecule has 1 heterocycles. The Labute approximate surface area is 124 Å². The van der Waals surface area contributed by atoms with Gasteiger partial charge in [0.2, 0.25) is 0 Å². The first-order chi connectivity index (χ1) is 9.31. The van der Waals surface area contributed by atoms with Crippen LogP contribution in [-0.4, -0.2) is 38.1 Å². The highest BCUT2D eigenvalue weighted by Crippen LogP contribution is 2.28. The van der Waals surface area contributed by atoms with Crippen molar-refractivity contribution in [2.45, 2.75) is 39.5 Å². The summed E-state index contributed by atoms with van der Waals surface area (Å²) in [7, 11) is 2.26. The van der Waals surface area contributed by atoms with Gasteiger partial charge in [-0.1, -0.05) is 50.6 Å². The normalized spacial score (nSPS) is 23.5. The van der Waals surface area contributed by atoms with Crippen LogP contribution in [0.4, 0.5) is 0 Å². The molecule has 1 aromatic rings. The van der Waals surface area contributed by atoms with Crippen molar-refractivity contribution in [3.05, 3.63) is 35.4 Å². The van der Waals surface area contributed by atoms with Gasteiger partial charge in [-0.3, -0.25) is 0 Å². The van der Waals surface area contributed by atoms with Crippen molar-refractivity contribution in [1.29, 1.82) is 0 Å². The van der Waals surface area contributed by atoms with E-state index in [2.05, 4.69) is 69.2 Å². The SMILES string of the molecule is Cc1ccc(C(C)(C)CN(C)CC2(C)CCNC2)cc1. The lowest BCUT2D eigenvalue weighted by molar-refractivity contribution is 0.181. The summed E-state index contributed by atoms with van der Waals surface area (Å²) in [5.41, 5.74) is 3.41. The molecular formula is C18H30N2. The van der Waals surface area contributed by atoms with Crippen molar-refractivity contribution in [2.75, 3.05) is 33.2 Å². The molecule has 20 heavy (non-hydrogen) atoms. The number of hydrogen-bond acceptors (Lipinski definition) is 2. The average molecular weight is 274 g/mol. The first-order valence-electron chi connectivity index (χ1n) is 7.77. The van der Waals surface area contributed by atoms with E-state index in [1.807, 2.05) is 0 Å². The molecule has 1 atom stereocenters. The molecule has 0 aliphatic carbocycles. The largest absolute Gasteiger partial charge is 0.316 e. The van der Waals surface area contributed by atoms with Crippen molar-refractivity contribution >= 4 is 0 Å². The van der Waals surface area contributed by atoms with E-state index in [4.69, 9.17) is 0 Å². The number of likely N-dealkylation sites (N-methyl/N-ethyl adjacent to an activating group) is 1. The fourth-order valence-electron chi connectivity index (χ4n) is 3.48. The molecule has 1 saturated heterocycles. The molecule has 112 valence electrons. The molecule has 2 nitrogen and oxygen atoms in total. The van der Waals surface area contributed by atoms with Crippen LogP contribution in [0.15, 0.2) is 24.3 Å². The van der Waals surface area contributed by atoms with Gasteiger partial charge in [-0.15, -0.1) is 0 Å². The average Bonchev–Trinajstić information content (AvgIpc) is 2.75. The van der Waals surface area contributed by atoms with E-state index in [-0.39, 0.29) is 5.41 Å². The Morgan fingerprint density at radius 2 is 1.90 bits per heavy atom. The minimum absolute atomic E-state index is 0.199. The number of nitrogens with zero attached hydrogens (tertiary/aromatic N) is 1. The van der Waals surface area contributed by atoms with Gasteiger partial charge >= 0.3 is 0 Å². The van der Waals surface area contributed by atoms with Crippen molar-refractivity contribution in [3.8, 4) is 0 Å². The lowest BCUT2D eigenvalue weighted by Crippen LogP contribution is -2.41. The van der Waals surface area contributed by atoms with Gasteiger partial charge in [0.15, 0.2) is 0 Å². The van der Waals surface area contributed by atoms with E-state index in [1.165, 1.54) is 30.6 Å². The molecule has 0 spiro atoms. The van der Waals surface area contributed by atoms with Crippen LogP contribution in [0.2, 0.25) is 0 Å². The van der Waals surface area contributed by atoms with Crippen LogP contribution < -0.4 is 5.32 Å². The quantitative estimate of drug-likeness (QED) is 0.887. The van der Waals surface area contributed by atoms with Gasteiger partial charge in [0.25, 0.3) is 0 Å². The monoisotopic (exact) mass is 274 g/mol.